The Hall–Kier alpha value is -2.11. The fraction of sp³-hybridized carbons (Fsp3) is 0. The Morgan fingerprint density at radius 2 is 2.31 bits per heavy atom. The largest absolute Gasteiger partial charge is 0.347 e. The molecule has 0 aliphatic heterocycles. The summed E-state index contributed by atoms with van der Waals surface area (Å²) in [7, 11) is 0. The van der Waals surface area contributed by atoms with E-state index in [0.717, 1.165) is 23.0 Å². The first-order chi connectivity index (χ1) is 6.13. The van der Waals surface area contributed by atoms with Crippen molar-refractivity contribution in [2.75, 3.05) is 5.43 Å². The van der Waals surface area contributed by atoms with Crippen LogP contribution < -0.4 is 16.7 Å². The lowest BCUT2D eigenvalue weighted by Crippen LogP contribution is -2.36. The lowest BCUT2D eigenvalue weighted by atomic mass is 10.6. The minimum Gasteiger partial charge on any atom is -0.273 e. The van der Waals surface area contributed by atoms with Gasteiger partial charge in [-0.15, -0.1) is 0 Å². The topological polar surface area (TPSA) is 84.0 Å². The highest BCUT2D eigenvalue weighted by molar-refractivity contribution is 5.93. The van der Waals surface area contributed by atoms with Gasteiger partial charge in [0.2, 0.25) is 0 Å². The summed E-state index contributed by atoms with van der Waals surface area (Å²) in [4.78, 5) is 34.3. The van der Waals surface area contributed by atoms with Gasteiger partial charge in [0.1, 0.15) is 0 Å². The van der Waals surface area contributed by atoms with Gasteiger partial charge < -0.3 is 0 Å². The van der Waals surface area contributed by atoms with Gasteiger partial charge in [0.05, 0.1) is 0 Å². The van der Waals surface area contributed by atoms with Gasteiger partial charge in [0.25, 0.3) is 11.5 Å². The molecule has 0 unspecified atom stereocenters. The second-order valence-corrected chi connectivity index (χ2v) is 2.16. The highest BCUT2D eigenvalue weighted by Crippen LogP contribution is 1.71. The minimum atomic E-state index is -0.706. The zero-order valence-electron chi connectivity index (χ0n) is 6.61. The smallest absolute Gasteiger partial charge is 0.273 e. The predicted molar refractivity (Wildman–Crippen MR) is 45.9 cm³/mol. The lowest BCUT2D eigenvalue weighted by Gasteiger charge is -2.02. The van der Waals surface area contributed by atoms with Crippen molar-refractivity contribution in [3.8, 4) is 0 Å². The molecule has 6 heteroatoms. The summed E-state index contributed by atoms with van der Waals surface area (Å²) in [6, 6.07) is 1.12. The average Bonchev–Trinajstić information content (AvgIpc) is 2.09. The SMILES string of the molecule is C=CC(=O)Nn1ccc(=O)[nH]c1=O. The minimum absolute atomic E-state index is 0.519. The maximum Gasteiger partial charge on any atom is 0.347 e. The number of carbonyl (C=O) groups excluding carboxylic acids is 1. The third kappa shape index (κ3) is 2.16. The summed E-state index contributed by atoms with van der Waals surface area (Å²) >= 11 is 0. The second-order valence-electron chi connectivity index (χ2n) is 2.16. The Morgan fingerprint density at radius 3 is 2.85 bits per heavy atom. The van der Waals surface area contributed by atoms with Gasteiger partial charge in [-0.2, -0.15) is 0 Å². The van der Waals surface area contributed by atoms with Crippen LogP contribution in [0.15, 0.2) is 34.5 Å². The van der Waals surface area contributed by atoms with Gasteiger partial charge in [-0.1, -0.05) is 6.58 Å². The molecule has 0 atom stereocenters. The number of hydrogen-bond acceptors (Lipinski definition) is 3. The van der Waals surface area contributed by atoms with Crippen molar-refractivity contribution in [1.29, 1.82) is 0 Å². The third-order valence-corrected chi connectivity index (χ3v) is 1.24. The monoisotopic (exact) mass is 181 g/mol. The van der Waals surface area contributed by atoms with Crippen molar-refractivity contribution < 1.29 is 4.79 Å². The van der Waals surface area contributed by atoms with Crippen LogP contribution in [0, 0.1) is 0 Å². The van der Waals surface area contributed by atoms with E-state index in [0.29, 0.717) is 0 Å². The molecule has 0 spiro atoms. The fourth-order valence-corrected chi connectivity index (χ4v) is 0.670. The van der Waals surface area contributed by atoms with E-state index in [1.807, 2.05) is 4.98 Å². The molecule has 0 bridgehead atoms. The molecule has 68 valence electrons. The number of H-pyrrole nitrogens is 1. The van der Waals surface area contributed by atoms with E-state index >= 15 is 0 Å². The average molecular weight is 181 g/mol. The predicted octanol–water partition coefficient (Wildman–Crippen LogP) is -1.21. The first-order valence-corrected chi connectivity index (χ1v) is 3.39. The summed E-state index contributed by atoms with van der Waals surface area (Å²) in [5.74, 6) is -0.533. The van der Waals surface area contributed by atoms with Gasteiger partial charge in [-0.05, 0) is 6.08 Å². The lowest BCUT2D eigenvalue weighted by molar-refractivity contribution is -0.112. The van der Waals surface area contributed by atoms with Crippen molar-refractivity contribution in [3.63, 3.8) is 0 Å². The first kappa shape index (κ1) is 8.98. The van der Waals surface area contributed by atoms with Crippen LogP contribution in [0.25, 0.3) is 0 Å². The Labute approximate surface area is 72.5 Å². The number of nitrogens with zero attached hydrogens (tertiary/aromatic N) is 1. The maximum absolute atomic E-state index is 10.9. The Kier molecular flexibility index (Phi) is 2.44. The van der Waals surface area contributed by atoms with Crippen molar-refractivity contribution in [2.24, 2.45) is 0 Å². The van der Waals surface area contributed by atoms with Crippen LogP contribution >= 0.6 is 0 Å². The zero-order valence-corrected chi connectivity index (χ0v) is 6.61. The molecule has 0 aliphatic rings. The molecular weight excluding hydrogens is 174 g/mol. The molecule has 1 heterocycles. The summed E-state index contributed by atoms with van der Waals surface area (Å²) < 4.78 is 0.853. The molecule has 0 saturated carbocycles. The molecule has 1 rings (SSSR count). The molecule has 0 aromatic carbocycles. The van der Waals surface area contributed by atoms with E-state index < -0.39 is 17.2 Å². The number of aromatic nitrogens is 2. The van der Waals surface area contributed by atoms with Crippen LogP contribution in [0.5, 0.6) is 0 Å². The Bertz CT molecular complexity index is 443. The molecule has 13 heavy (non-hydrogen) atoms. The number of nitrogens with one attached hydrogen (secondary N) is 2. The van der Waals surface area contributed by atoms with E-state index in [2.05, 4.69) is 12.0 Å². The normalized spacial score (nSPS) is 9.23. The van der Waals surface area contributed by atoms with E-state index in [1.54, 1.807) is 0 Å². The maximum atomic E-state index is 10.9. The molecule has 6 nitrogen and oxygen atoms in total. The van der Waals surface area contributed by atoms with Crippen LogP contribution in [0.2, 0.25) is 0 Å². The van der Waals surface area contributed by atoms with E-state index in [9.17, 15) is 14.4 Å². The molecule has 1 aromatic rings. The number of rotatable bonds is 2. The van der Waals surface area contributed by atoms with Gasteiger partial charge in [-0.25, -0.2) is 9.47 Å². The van der Waals surface area contributed by atoms with Crippen LogP contribution in [-0.2, 0) is 4.79 Å². The molecular formula is C7H7N3O3. The molecule has 2 N–H and O–H groups in total. The highest BCUT2D eigenvalue weighted by atomic mass is 16.2. The van der Waals surface area contributed by atoms with Crippen LogP contribution in [0.4, 0.5) is 0 Å². The quantitative estimate of drug-likeness (QED) is 0.561. The third-order valence-electron chi connectivity index (χ3n) is 1.24. The summed E-state index contributed by atoms with van der Waals surface area (Å²) in [6.07, 6.45) is 2.17. The van der Waals surface area contributed by atoms with Crippen LogP contribution in [0.1, 0.15) is 0 Å². The molecule has 0 saturated heterocycles. The summed E-state index contributed by atoms with van der Waals surface area (Å²) in [5, 5.41) is 0. The molecule has 0 fully saturated rings. The molecule has 1 aromatic heterocycles. The second kappa shape index (κ2) is 3.53. The van der Waals surface area contributed by atoms with Crippen molar-refractivity contribution >= 4 is 5.91 Å². The zero-order chi connectivity index (χ0) is 9.84. The van der Waals surface area contributed by atoms with Gasteiger partial charge in [-0.3, -0.25) is 20.0 Å². The van der Waals surface area contributed by atoms with Gasteiger partial charge >= 0.3 is 5.69 Å². The number of aromatic amines is 1. The Morgan fingerprint density at radius 1 is 1.62 bits per heavy atom. The molecule has 0 aliphatic carbocycles. The van der Waals surface area contributed by atoms with Crippen molar-refractivity contribution in [2.45, 2.75) is 0 Å². The number of amides is 1. The highest BCUT2D eigenvalue weighted by Gasteiger charge is 1.97. The Balaban J connectivity index is 3.03. The van der Waals surface area contributed by atoms with Crippen LogP contribution in [-0.4, -0.2) is 15.6 Å². The standard InChI is InChI=1S/C7H7N3O3/c1-2-5(11)9-10-4-3-6(12)8-7(10)13/h2-4H,1H2,(H,9,11)(H,8,12,13). The fourth-order valence-electron chi connectivity index (χ4n) is 0.670. The number of carbonyl (C=O) groups is 1. The summed E-state index contributed by atoms with van der Waals surface area (Å²) in [5.41, 5.74) is 0.939. The molecule has 1 amide bonds. The van der Waals surface area contributed by atoms with E-state index in [-0.39, 0.29) is 0 Å². The van der Waals surface area contributed by atoms with Crippen molar-refractivity contribution in [3.05, 3.63) is 45.8 Å². The van der Waals surface area contributed by atoms with Gasteiger partial charge in [0, 0.05) is 12.3 Å². The number of hydrogen-bond donors (Lipinski definition) is 2. The first-order valence-electron chi connectivity index (χ1n) is 3.39. The van der Waals surface area contributed by atoms with Gasteiger partial charge in [0.15, 0.2) is 0 Å². The van der Waals surface area contributed by atoms with E-state index in [1.165, 1.54) is 0 Å². The summed E-state index contributed by atoms with van der Waals surface area (Å²) in [6.45, 7) is 3.20. The van der Waals surface area contributed by atoms with Crippen molar-refractivity contribution in [1.82, 2.24) is 9.66 Å². The van der Waals surface area contributed by atoms with Crippen LogP contribution in [0.3, 0.4) is 0 Å². The van der Waals surface area contributed by atoms with E-state index in [4.69, 9.17) is 0 Å². The molecule has 0 radical (unpaired) electrons.